The maximum absolute atomic E-state index is 11.8. The molecule has 2 atom stereocenters. The fourth-order valence-electron chi connectivity index (χ4n) is 2.23. The number of carbonyl (C=O) groups excluding carboxylic acids is 1. The molecule has 98 valence electrons. The molecular weight excluding hydrogens is 220 g/mol. The summed E-state index contributed by atoms with van der Waals surface area (Å²) in [5, 5.41) is 9.20. The molecule has 0 bridgehead atoms. The molecule has 0 aromatic heterocycles. The van der Waals surface area contributed by atoms with Crippen molar-refractivity contribution in [3.05, 3.63) is 0 Å². The monoisotopic (exact) mass is 242 g/mol. The highest BCUT2D eigenvalue weighted by atomic mass is 16.4. The highest BCUT2D eigenvalue weighted by molar-refractivity contribution is 5.81. The summed E-state index contributed by atoms with van der Waals surface area (Å²) in [6, 6.07) is -0.512. The molecule has 0 saturated carbocycles. The van der Waals surface area contributed by atoms with Crippen LogP contribution in [0.1, 0.15) is 33.6 Å². The lowest BCUT2D eigenvalue weighted by atomic mass is 9.74. The number of carboxylic acid groups (broad SMARTS) is 1. The highest BCUT2D eigenvalue weighted by Crippen LogP contribution is 2.34. The molecule has 1 heterocycles. The van der Waals surface area contributed by atoms with Gasteiger partial charge in [0.1, 0.15) is 0 Å². The first kappa shape index (κ1) is 14.0. The second-order valence-corrected chi connectivity index (χ2v) is 5.44. The third kappa shape index (κ3) is 2.97. The Labute approximate surface area is 102 Å². The summed E-state index contributed by atoms with van der Waals surface area (Å²) in [6.45, 7) is 6.29. The summed E-state index contributed by atoms with van der Waals surface area (Å²) in [4.78, 5) is 24.7. The lowest BCUT2D eigenvalue weighted by Gasteiger charge is -2.39. The Morgan fingerprint density at radius 2 is 2.06 bits per heavy atom. The summed E-state index contributed by atoms with van der Waals surface area (Å²) in [6.07, 6.45) is 1.70. The number of hydrogen-bond acceptors (Lipinski definition) is 3. The zero-order valence-corrected chi connectivity index (χ0v) is 10.8. The van der Waals surface area contributed by atoms with E-state index in [0.29, 0.717) is 13.1 Å². The van der Waals surface area contributed by atoms with Gasteiger partial charge in [0.25, 0.3) is 0 Å². The molecule has 1 saturated heterocycles. The van der Waals surface area contributed by atoms with Crippen molar-refractivity contribution >= 4 is 11.9 Å². The second kappa shape index (κ2) is 5.04. The van der Waals surface area contributed by atoms with Crippen LogP contribution in [0.5, 0.6) is 0 Å². The van der Waals surface area contributed by atoms with Crippen LogP contribution in [0.2, 0.25) is 0 Å². The number of piperidine rings is 1. The second-order valence-electron chi connectivity index (χ2n) is 5.44. The molecular formula is C12H22N2O3. The zero-order valence-electron chi connectivity index (χ0n) is 10.8. The quantitative estimate of drug-likeness (QED) is 0.762. The number of nitrogens with zero attached hydrogens (tertiary/aromatic N) is 1. The standard InChI is InChI=1S/C12H22N2O3/c1-8(13)10(15)14-6-4-5-9(7-14)12(2,3)11(16)17/h8-9H,4-7,13H2,1-3H3,(H,16,17)/t8-,9?/m1/s1. The molecule has 5 nitrogen and oxygen atoms in total. The maximum Gasteiger partial charge on any atom is 0.309 e. The number of amides is 1. The van der Waals surface area contributed by atoms with Crippen molar-refractivity contribution in [3.63, 3.8) is 0 Å². The minimum absolute atomic E-state index is 0.00329. The van der Waals surface area contributed by atoms with E-state index in [1.54, 1.807) is 25.7 Å². The SMILES string of the molecule is C[C@@H](N)C(=O)N1CCCC(C(C)(C)C(=O)O)C1. The van der Waals surface area contributed by atoms with E-state index in [-0.39, 0.29) is 11.8 Å². The topological polar surface area (TPSA) is 83.6 Å². The van der Waals surface area contributed by atoms with Gasteiger partial charge in [-0.25, -0.2) is 0 Å². The molecule has 1 rings (SSSR count). The van der Waals surface area contributed by atoms with Gasteiger partial charge in [0.05, 0.1) is 11.5 Å². The summed E-state index contributed by atoms with van der Waals surface area (Å²) in [5.41, 5.74) is 4.78. The number of rotatable bonds is 3. The summed E-state index contributed by atoms with van der Waals surface area (Å²) >= 11 is 0. The van der Waals surface area contributed by atoms with Crippen LogP contribution in [0.3, 0.4) is 0 Å². The molecule has 1 aliphatic heterocycles. The fourth-order valence-corrected chi connectivity index (χ4v) is 2.23. The van der Waals surface area contributed by atoms with E-state index in [4.69, 9.17) is 5.73 Å². The third-order valence-electron chi connectivity index (χ3n) is 3.69. The van der Waals surface area contributed by atoms with E-state index in [9.17, 15) is 14.7 Å². The van der Waals surface area contributed by atoms with Gasteiger partial charge in [-0.15, -0.1) is 0 Å². The third-order valence-corrected chi connectivity index (χ3v) is 3.69. The van der Waals surface area contributed by atoms with Crippen molar-refractivity contribution in [2.45, 2.75) is 39.7 Å². The normalized spacial score (nSPS) is 23.3. The molecule has 0 spiro atoms. The van der Waals surface area contributed by atoms with Gasteiger partial charge in [-0.1, -0.05) is 0 Å². The van der Waals surface area contributed by atoms with Gasteiger partial charge in [0.15, 0.2) is 0 Å². The van der Waals surface area contributed by atoms with Crippen LogP contribution in [-0.4, -0.2) is 41.0 Å². The van der Waals surface area contributed by atoms with Gasteiger partial charge in [0, 0.05) is 13.1 Å². The van der Waals surface area contributed by atoms with Gasteiger partial charge >= 0.3 is 5.97 Å². The van der Waals surface area contributed by atoms with Crippen LogP contribution in [0.4, 0.5) is 0 Å². The smallest absolute Gasteiger partial charge is 0.309 e. The Morgan fingerprint density at radius 1 is 1.47 bits per heavy atom. The van der Waals surface area contributed by atoms with Crippen molar-refractivity contribution < 1.29 is 14.7 Å². The number of hydrogen-bond donors (Lipinski definition) is 2. The van der Waals surface area contributed by atoms with Gasteiger partial charge in [-0.05, 0) is 39.5 Å². The van der Waals surface area contributed by atoms with Crippen molar-refractivity contribution in [2.75, 3.05) is 13.1 Å². The lowest BCUT2D eigenvalue weighted by Crippen LogP contribution is -2.50. The molecule has 17 heavy (non-hydrogen) atoms. The average Bonchev–Trinajstić information content (AvgIpc) is 2.27. The van der Waals surface area contributed by atoms with Crippen molar-refractivity contribution in [2.24, 2.45) is 17.1 Å². The summed E-state index contributed by atoms with van der Waals surface area (Å²) in [7, 11) is 0. The predicted octanol–water partition coefficient (Wildman–Crippen LogP) is 0.683. The lowest BCUT2D eigenvalue weighted by molar-refractivity contribution is -0.153. The van der Waals surface area contributed by atoms with E-state index < -0.39 is 17.4 Å². The minimum atomic E-state index is -0.808. The van der Waals surface area contributed by atoms with Crippen LogP contribution < -0.4 is 5.73 Å². The Balaban J connectivity index is 2.73. The Hall–Kier alpha value is -1.10. The highest BCUT2D eigenvalue weighted by Gasteiger charge is 2.40. The van der Waals surface area contributed by atoms with E-state index >= 15 is 0 Å². The summed E-state index contributed by atoms with van der Waals surface area (Å²) in [5.74, 6) is -0.898. The van der Waals surface area contributed by atoms with Crippen molar-refractivity contribution in [1.29, 1.82) is 0 Å². The molecule has 3 N–H and O–H groups in total. The number of aliphatic carboxylic acids is 1. The van der Waals surface area contributed by atoms with Gasteiger partial charge < -0.3 is 15.7 Å². The number of carbonyl (C=O) groups is 2. The Morgan fingerprint density at radius 3 is 2.53 bits per heavy atom. The van der Waals surface area contributed by atoms with Crippen LogP contribution in [0.15, 0.2) is 0 Å². The molecule has 0 aromatic rings. The number of carboxylic acids is 1. The average molecular weight is 242 g/mol. The largest absolute Gasteiger partial charge is 0.481 e. The zero-order chi connectivity index (χ0) is 13.2. The Bertz CT molecular complexity index is 313. The first-order valence-electron chi connectivity index (χ1n) is 6.04. The molecule has 1 amide bonds. The van der Waals surface area contributed by atoms with Crippen LogP contribution in [-0.2, 0) is 9.59 Å². The van der Waals surface area contributed by atoms with Gasteiger partial charge in [-0.3, -0.25) is 9.59 Å². The van der Waals surface area contributed by atoms with Crippen LogP contribution in [0.25, 0.3) is 0 Å². The number of nitrogens with two attached hydrogens (primary N) is 1. The molecule has 0 aromatic carbocycles. The molecule has 0 aliphatic carbocycles. The van der Waals surface area contributed by atoms with Crippen LogP contribution >= 0.6 is 0 Å². The number of likely N-dealkylation sites (tertiary alicyclic amines) is 1. The predicted molar refractivity (Wildman–Crippen MR) is 64.4 cm³/mol. The van der Waals surface area contributed by atoms with Crippen LogP contribution in [0, 0.1) is 11.3 Å². The fraction of sp³-hybridized carbons (Fsp3) is 0.833. The first-order valence-corrected chi connectivity index (χ1v) is 6.04. The molecule has 1 unspecified atom stereocenters. The molecule has 5 heteroatoms. The van der Waals surface area contributed by atoms with Gasteiger partial charge in [0.2, 0.25) is 5.91 Å². The minimum Gasteiger partial charge on any atom is -0.481 e. The van der Waals surface area contributed by atoms with Crippen molar-refractivity contribution in [3.8, 4) is 0 Å². The molecule has 0 radical (unpaired) electrons. The van der Waals surface area contributed by atoms with Gasteiger partial charge in [-0.2, -0.15) is 0 Å². The van der Waals surface area contributed by atoms with E-state index in [1.807, 2.05) is 0 Å². The Kier molecular flexibility index (Phi) is 4.14. The van der Waals surface area contributed by atoms with E-state index in [0.717, 1.165) is 12.8 Å². The van der Waals surface area contributed by atoms with E-state index in [2.05, 4.69) is 0 Å². The van der Waals surface area contributed by atoms with Crippen molar-refractivity contribution in [1.82, 2.24) is 4.90 Å². The first-order chi connectivity index (χ1) is 7.76. The molecule has 1 fully saturated rings. The summed E-state index contributed by atoms with van der Waals surface area (Å²) < 4.78 is 0. The maximum atomic E-state index is 11.8. The molecule has 1 aliphatic rings. The van der Waals surface area contributed by atoms with E-state index in [1.165, 1.54) is 0 Å².